The van der Waals surface area contributed by atoms with Crippen molar-refractivity contribution in [2.75, 3.05) is 17.4 Å². The Morgan fingerprint density at radius 3 is 2.58 bits per heavy atom. The van der Waals surface area contributed by atoms with Crippen molar-refractivity contribution in [1.29, 1.82) is 0 Å². The Hall–Kier alpha value is -3.13. The Balaban J connectivity index is 1.64. The summed E-state index contributed by atoms with van der Waals surface area (Å²) >= 11 is 0. The number of ether oxygens (including phenoxy) is 1. The van der Waals surface area contributed by atoms with E-state index in [1.54, 1.807) is 12.1 Å². The summed E-state index contributed by atoms with van der Waals surface area (Å²) in [4.78, 5) is 23.9. The maximum Gasteiger partial charge on any atom is 0.331 e. The van der Waals surface area contributed by atoms with Crippen LogP contribution in [-0.2, 0) is 30.8 Å². The van der Waals surface area contributed by atoms with E-state index in [0.29, 0.717) is 30.8 Å². The third-order valence-electron chi connectivity index (χ3n) is 4.94. The van der Waals surface area contributed by atoms with Gasteiger partial charge in [0.25, 0.3) is 15.9 Å². The van der Waals surface area contributed by atoms with Gasteiger partial charge in [0.1, 0.15) is 0 Å². The standard InChI is InChI=1S/C23H26N2O5S/c1-3-15-24-23(27)17(2)30-22(26)13-10-18-8-11-20(12-9-18)31(28,29)25-16-14-19-6-4-5-7-21(19)25/h4-13,17H,3,14-16H2,1-2H3,(H,24,27)/b13-10+/t17-/m0/s1. The summed E-state index contributed by atoms with van der Waals surface area (Å²) < 4.78 is 32.6. The van der Waals surface area contributed by atoms with Crippen LogP contribution in [0, 0.1) is 0 Å². The Morgan fingerprint density at radius 2 is 1.87 bits per heavy atom. The summed E-state index contributed by atoms with van der Waals surface area (Å²) in [5.41, 5.74) is 2.37. The lowest BCUT2D eigenvalue weighted by Gasteiger charge is -2.19. The van der Waals surface area contributed by atoms with Crippen LogP contribution in [0.4, 0.5) is 5.69 Å². The topological polar surface area (TPSA) is 92.8 Å². The molecule has 1 amide bonds. The molecule has 1 aliphatic rings. The van der Waals surface area contributed by atoms with Crippen LogP contribution in [0.1, 0.15) is 31.4 Å². The van der Waals surface area contributed by atoms with Crippen molar-refractivity contribution in [1.82, 2.24) is 5.32 Å². The lowest BCUT2D eigenvalue weighted by Crippen LogP contribution is -2.35. The molecule has 0 radical (unpaired) electrons. The van der Waals surface area contributed by atoms with Gasteiger partial charge in [0.15, 0.2) is 6.10 Å². The monoisotopic (exact) mass is 442 g/mol. The predicted octanol–water partition coefficient (Wildman–Crippen LogP) is 2.91. The van der Waals surface area contributed by atoms with Gasteiger partial charge >= 0.3 is 5.97 Å². The fourth-order valence-corrected chi connectivity index (χ4v) is 4.76. The summed E-state index contributed by atoms with van der Waals surface area (Å²) in [6, 6.07) is 13.8. The van der Waals surface area contributed by atoms with E-state index < -0.39 is 22.1 Å². The number of hydrogen-bond donors (Lipinski definition) is 1. The first-order chi connectivity index (χ1) is 14.8. The number of para-hydroxylation sites is 1. The maximum atomic E-state index is 13.0. The number of fused-ring (bicyclic) bond motifs is 1. The van der Waals surface area contributed by atoms with Crippen molar-refractivity contribution in [2.45, 2.75) is 37.7 Å². The normalized spacial score (nSPS) is 14.3. The van der Waals surface area contributed by atoms with E-state index in [9.17, 15) is 18.0 Å². The van der Waals surface area contributed by atoms with Gasteiger partial charge in [-0.3, -0.25) is 9.10 Å². The average Bonchev–Trinajstić information content (AvgIpc) is 3.21. The van der Waals surface area contributed by atoms with E-state index in [1.165, 1.54) is 35.5 Å². The van der Waals surface area contributed by atoms with Gasteiger partial charge in [-0.25, -0.2) is 13.2 Å². The van der Waals surface area contributed by atoms with E-state index in [0.717, 1.165) is 12.0 Å². The molecule has 0 aliphatic carbocycles. The molecule has 1 heterocycles. The highest BCUT2D eigenvalue weighted by atomic mass is 32.2. The summed E-state index contributed by atoms with van der Waals surface area (Å²) in [6.07, 6.45) is 3.32. The molecule has 8 heteroatoms. The van der Waals surface area contributed by atoms with Crippen LogP contribution >= 0.6 is 0 Å². The molecule has 2 aromatic carbocycles. The molecule has 0 saturated carbocycles. The number of benzene rings is 2. The number of rotatable bonds is 8. The van der Waals surface area contributed by atoms with Gasteiger partial charge in [0.05, 0.1) is 10.6 Å². The minimum atomic E-state index is -3.66. The third-order valence-corrected chi connectivity index (χ3v) is 6.76. The number of esters is 1. The smallest absolute Gasteiger partial charge is 0.331 e. The molecule has 0 bridgehead atoms. The molecule has 0 saturated heterocycles. The van der Waals surface area contributed by atoms with Crippen LogP contribution in [0.25, 0.3) is 6.08 Å². The number of amides is 1. The quantitative estimate of drug-likeness (QED) is 0.501. The van der Waals surface area contributed by atoms with Gasteiger partial charge in [0, 0.05) is 19.2 Å². The van der Waals surface area contributed by atoms with Gasteiger partial charge in [0.2, 0.25) is 0 Å². The van der Waals surface area contributed by atoms with Crippen molar-refractivity contribution in [3.63, 3.8) is 0 Å². The summed E-state index contributed by atoms with van der Waals surface area (Å²) in [5, 5.41) is 2.66. The second-order valence-electron chi connectivity index (χ2n) is 7.23. The van der Waals surface area contributed by atoms with E-state index in [-0.39, 0.29) is 10.8 Å². The molecule has 1 aliphatic heterocycles. The Kier molecular flexibility index (Phi) is 7.12. The van der Waals surface area contributed by atoms with Crippen molar-refractivity contribution in [3.05, 3.63) is 65.7 Å². The van der Waals surface area contributed by atoms with Crippen LogP contribution in [0.15, 0.2) is 59.5 Å². The third kappa shape index (κ3) is 5.32. The van der Waals surface area contributed by atoms with Gasteiger partial charge in [-0.05, 0) is 55.2 Å². The minimum Gasteiger partial charge on any atom is -0.449 e. The first kappa shape index (κ1) is 22.6. The number of hydrogen-bond acceptors (Lipinski definition) is 5. The van der Waals surface area contributed by atoms with Crippen LogP contribution in [0.2, 0.25) is 0 Å². The second-order valence-corrected chi connectivity index (χ2v) is 9.09. The van der Waals surface area contributed by atoms with Gasteiger partial charge in [-0.15, -0.1) is 0 Å². The Labute approximate surface area is 182 Å². The molecule has 1 N–H and O–H groups in total. The minimum absolute atomic E-state index is 0.185. The summed E-state index contributed by atoms with van der Waals surface area (Å²) in [7, 11) is -3.66. The molecule has 164 valence electrons. The molecule has 3 rings (SSSR count). The first-order valence-electron chi connectivity index (χ1n) is 10.2. The van der Waals surface area contributed by atoms with E-state index >= 15 is 0 Å². The fourth-order valence-electron chi connectivity index (χ4n) is 3.26. The lowest BCUT2D eigenvalue weighted by atomic mass is 10.2. The second kappa shape index (κ2) is 9.78. The van der Waals surface area contributed by atoms with Crippen LogP contribution < -0.4 is 9.62 Å². The zero-order valence-electron chi connectivity index (χ0n) is 17.6. The zero-order valence-corrected chi connectivity index (χ0v) is 18.4. The number of anilines is 1. The van der Waals surface area contributed by atoms with Crippen molar-refractivity contribution in [3.8, 4) is 0 Å². The number of carbonyl (C=O) groups is 2. The summed E-state index contributed by atoms with van der Waals surface area (Å²) in [5.74, 6) is -0.994. The highest BCUT2D eigenvalue weighted by Crippen LogP contribution is 2.32. The molecule has 0 unspecified atom stereocenters. The average molecular weight is 443 g/mol. The largest absolute Gasteiger partial charge is 0.449 e. The predicted molar refractivity (Wildman–Crippen MR) is 119 cm³/mol. The molecule has 0 aromatic heterocycles. The fraction of sp³-hybridized carbons (Fsp3) is 0.304. The number of nitrogens with one attached hydrogen (secondary N) is 1. The van der Waals surface area contributed by atoms with E-state index in [1.807, 2.05) is 31.2 Å². The van der Waals surface area contributed by atoms with Crippen molar-refractivity contribution < 1.29 is 22.7 Å². The highest BCUT2D eigenvalue weighted by molar-refractivity contribution is 7.92. The maximum absolute atomic E-state index is 13.0. The van der Waals surface area contributed by atoms with Gasteiger partial charge < -0.3 is 10.1 Å². The number of nitrogens with zero attached hydrogens (tertiary/aromatic N) is 1. The Bertz CT molecular complexity index is 1080. The summed E-state index contributed by atoms with van der Waals surface area (Å²) in [6.45, 7) is 4.38. The molecule has 2 aromatic rings. The highest BCUT2D eigenvalue weighted by Gasteiger charge is 2.30. The molecule has 1 atom stereocenters. The van der Waals surface area contributed by atoms with E-state index in [4.69, 9.17) is 4.74 Å². The van der Waals surface area contributed by atoms with Crippen LogP contribution in [0.3, 0.4) is 0 Å². The van der Waals surface area contributed by atoms with Gasteiger partial charge in [-0.1, -0.05) is 37.3 Å². The molecule has 31 heavy (non-hydrogen) atoms. The molecule has 0 spiro atoms. The molecule has 0 fully saturated rings. The zero-order chi connectivity index (χ0) is 22.4. The lowest BCUT2D eigenvalue weighted by molar-refractivity contribution is -0.150. The molecular weight excluding hydrogens is 416 g/mol. The molecule has 7 nitrogen and oxygen atoms in total. The van der Waals surface area contributed by atoms with Crippen LogP contribution in [0.5, 0.6) is 0 Å². The van der Waals surface area contributed by atoms with Crippen molar-refractivity contribution >= 4 is 33.7 Å². The SMILES string of the molecule is CCCNC(=O)[C@H](C)OC(=O)/C=C/c1ccc(S(=O)(=O)N2CCc3ccccc32)cc1. The van der Waals surface area contributed by atoms with E-state index in [2.05, 4.69) is 5.32 Å². The van der Waals surface area contributed by atoms with Crippen LogP contribution in [-0.4, -0.2) is 39.5 Å². The van der Waals surface area contributed by atoms with Crippen molar-refractivity contribution in [2.24, 2.45) is 0 Å². The van der Waals surface area contributed by atoms with Gasteiger partial charge in [-0.2, -0.15) is 0 Å². The first-order valence-corrected chi connectivity index (χ1v) is 11.6. The number of carbonyl (C=O) groups excluding carboxylic acids is 2. The number of sulfonamides is 1. The Morgan fingerprint density at radius 1 is 1.16 bits per heavy atom. The molecular formula is C23H26N2O5S.